The summed E-state index contributed by atoms with van der Waals surface area (Å²) in [5.74, 6) is 0.953. The first-order valence-electron chi connectivity index (χ1n) is 10.1. The highest BCUT2D eigenvalue weighted by atomic mass is 16.6. The number of fused-ring (bicyclic) bond motifs is 1. The molecule has 152 valence electrons. The molecule has 0 fully saturated rings. The lowest BCUT2D eigenvalue weighted by Gasteiger charge is -2.18. The molecule has 3 N–H and O–H groups in total. The first kappa shape index (κ1) is 20.8. The zero-order chi connectivity index (χ0) is 21.0. The molecule has 1 amide bonds. The van der Waals surface area contributed by atoms with E-state index in [1.54, 1.807) is 6.07 Å². The summed E-state index contributed by atoms with van der Waals surface area (Å²) in [5.41, 5.74) is 12.5. The van der Waals surface area contributed by atoms with Gasteiger partial charge < -0.3 is 15.8 Å². The molecule has 29 heavy (non-hydrogen) atoms. The molecule has 0 aliphatic rings. The van der Waals surface area contributed by atoms with Gasteiger partial charge in [0.2, 0.25) is 0 Å². The Kier molecular flexibility index (Phi) is 6.49. The van der Waals surface area contributed by atoms with Crippen molar-refractivity contribution in [2.75, 3.05) is 6.54 Å². The molecule has 1 heterocycles. The second-order valence-corrected chi connectivity index (χ2v) is 7.68. The van der Waals surface area contributed by atoms with Crippen molar-refractivity contribution in [3.05, 3.63) is 59.3 Å². The maximum atomic E-state index is 11.9. The molecular formula is C24H29N3O2. The first-order chi connectivity index (χ1) is 13.9. The molecule has 2 aromatic carbocycles. The number of hydrogen-bond acceptors (Lipinski definition) is 4. The molecule has 0 radical (unpaired) electrons. The van der Waals surface area contributed by atoms with Gasteiger partial charge in [-0.3, -0.25) is 4.98 Å². The molecule has 0 atom stereocenters. The van der Waals surface area contributed by atoms with Crippen LogP contribution < -0.4 is 15.8 Å². The summed E-state index contributed by atoms with van der Waals surface area (Å²) < 4.78 is 5.43. The minimum atomic E-state index is -0.466. The van der Waals surface area contributed by atoms with Crippen molar-refractivity contribution in [1.29, 1.82) is 0 Å². The van der Waals surface area contributed by atoms with Gasteiger partial charge in [-0.15, -0.1) is 0 Å². The molecule has 0 unspecified atom stereocenters. The number of aryl methyl sites for hydroxylation is 1. The van der Waals surface area contributed by atoms with Crippen molar-refractivity contribution in [3.63, 3.8) is 0 Å². The number of carbonyl (C=O) groups is 1. The van der Waals surface area contributed by atoms with Gasteiger partial charge in [-0.05, 0) is 61.1 Å². The number of carbonyl (C=O) groups excluding carboxylic acids is 1. The predicted molar refractivity (Wildman–Crippen MR) is 118 cm³/mol. The van der Waals surface area contributed by atoms with E-state index < -0.39 is 6.09 Å². The number of benzene rings is 2. The zero-order valence-electron chi connectivity index (χ0n) is 17.6. The molecule has 0 saturated heterocycles. The third-order valence-corrected chi connectivity index (χ3v) is 4.82. The van der Waals surface area contributed by atoms with Gasteiger partial charge in [0.15, 0.2) is 0 Å². The highest BCUT2D eigenvalue weighted by Gasteiger charge is 2.17. The van der Waals surface area contributed by atoms with E-state index in [0.29, 0.717) is 24.8 Å². The van der Waals surface area contributed by atoms with E-state index in [9.17, 15) is 4.79 Å². The van der Waals surface area contributed by atoms with Gasteiger partial charge in [-0.25, -0.2) is 4.79 Å². The number of amides is 1. The average molecular weight is 392 g/mol. The van der Waals surface area contributed by atoms with Crippen molar-refractivity contribution in [3.8, 4) is 16.9 Å². The van der Waals surface area contributed by atoms with E-state index in [-0.39, 0.29) is 0 Å². The maximum absolute atomic E-state index is 11.9. The fourth-order valence-electron chi connectivity index (χ4n) is 3.51. The summed E-state index contributed by atoms with van der Waals surface area (Å²) in [4.78, 5) is 16.8. The molecule has 5 nitrogen and oxygen atoms in total. The number of aromatic nitrogens is 1. The Morgan fingerprint density at radius 2 is 1.90 bits per heavy atom. The number of nitrogens with one attached hydrogen (secondary N) is 1. The van der Waals surface area contributed by atoms with Gasteiger partial charge in [-0.1, -0.05) is 43.7 Å². The number of rotatable bonds is 6. The predicted octanol–water partition coefficient (Wildman–Crippen LogP) is 4.98. The normalized spacial score (nSPS) is 11.1. The number of nitrogens with zero attached hydrogens (tertiary/aromatic N) is 1. The Morgan fingerprint density at radius 3 is 2.52 bits per heavy atom. The van der Waals surface area contributed by atoms with Crippen LogP contribution in [-0.2, 0) is 13.0 Å². The lowest BCUT2D eigenvalue weighted by atomic mass is 9.91. The molecule has 5 heteroatoms. The minimum absolute atomic E-state index is 0.398. The fraction of sp³-hybridized carbons (Fsp3) is 0.333. The highest BCUT2D eigenvalue weighted by molar-refractivity contribution is 5.97. The quantitative estimate of drug-likeness (QED) is 0.621. The van der Waals surface area contributed by atoms with Crippen molar-refractivity contribution in [2.24, 2.45) is 11.7 Å². The van der Waals surface area contributed by atoms with Gasteiger partial charge in [0.1, 0.15) is 5.75 Å². The Hall–Kier alpha value is -2.92. The van der Waals surface area contributed by atoms with Crippen molar-refractivity contribution in [1.82, 2.24) is 10.3 Å². The standard InChI is InChI=1S/C24H29N3O2/c1-5-26-24(28)29-18-10-11-21-19(13-18)23(17-8-6-16(4)7-9-17)20(14-25)22(27-21)12-15(2)3/h6-11,13,15H,5,12,14,25H2,1-4H3,(H,26,28). The highest BCUT2D eigenvalue weighted by Crippen LogP contribution is 2.35. The number of hydrogen-bond donors (Lipinski definition) is 2. The van der Waals surface area contributed by atoms with Crippen LogP contribution in [0.15, 0.2) is 42.5 Å². The molecule has 0 aliphatic heterocycles. The van der Waals surface area contributed by atoms with Gasteiger partial charge in [-0.2, -0.15) is 0 Å². The van der Waals surface area contributed by atoms with Crippen LogP contribution in [0.2, 0.25) is 0 Å². The summed E-state index contributed by atoms with van der Waals surface area (Å²) in [5, 5.41) is 3.58. The average Bonchev–Trinajstić information content (AvgIpc) is 2.67. The first-order valence-corrected chi connectivity index (χ1v) is 10.1. The van der Waals surface area contributed by atoms with Gasteiger partial charge in [0.25, 0.3) is 0 Å². The van der Waals surface area contributed by atoms with E-state index in [2.05, 4.69) is 50.4 Å². The summed E-state index contributed by atoms with van der Waals surface area (Å²) in [6.45, 7) is 9.20. The summed E-state index contributed by atoms with van der Waals surface area (Å²) in [6, 6.07) is 14.0. The van der Waals surface area contributed by atoms with Crippen LogP contribution in [0.3, 0.4) is 0 Å². The molecule has 3 aromatic rings. The summed E-state index contributed by atoms with van der Waals surface area (Å²) in [7, 11) is 0. The van der Waals surface area contributed by atoms with Crippen LogP contribution >= 0.6 is 0 Å². The molecular weight excluding hydrogens is 362 g/mol. The Morgan fingerprint density at radius 1 is 1.17 bits per heavy atom. The topological polar surface area (TPSA) is 77.2 Å². The summed E-state index contributed by atoms with van der Waals surface area (Å²) >= 11 is 0. The van der Waals surface area contributed by atoms with Crippen molar-refractivity contribution >= 4 is 17.0 Å². The minimum Gasteiger partial charge on any atom is -0.410 e. The second-order valence-electron chi connectivity index (χ2n) is 7.68. The SMILES string of the molecule is CCNC(=O)Oc1ccc2nc(CC(C)C)c(CN)c(-c3ccc(C)cc3)c2c1. The van der Waals surface area contributed by atoms with Crippen molar-refractivity contribution in [2.45, 2.75) is 40.7 Å². The second kappa shape index (κ2) is 9.05. The largest absolute Gasteiger partial charge is 0.412 e. The maximum Gasteiger partial charge on any atom is 0.412 e. The smallest absolute Gasteiger partial charge is 0.410 e. The molecule has 0 aliphatic carbocycles. The molecule has 3 rings (SSSR count). The van der Waals surface area contributed by atoms with Gasteiger partial charge in [0.05, 0.1) is 5.52 Å². The van der Waals surface area contributed by atoms with Crippen LogP contribution in [0, 0.1) is 12.8 Å². The van der Waals surface area contributed by atoms with Crippen LogP contribution in [0.25, 0.3) is 22.0 Å². The Bertz CT molecular complexity index is 1010. The molecule has 0 spiro atoms. The monoisotopic (exact) mass is 391 g/mol. The Balaban J connectivity index is 2.24. The van der Waals surface area contributed by atoms with E-state index in [4.69, 9.17) is 15.5 Å². The van der Waals surface area contributed by atoms with E-state index >= 15 is 0 Å². The van der Waals surface area contributed by atoms with Crippen molar-refractivity contribution < 1.29 is 9.53 Å². The fourth-order valence-corrected chi connectivity index (χ4v) is 3.51. The lowest BCUT2D eigenvalue weighted by Crippen LogP contribution is -2.26. The van der Waals surface area contributed by atoms with Crippen LogP contribution in [-0.4, -0.2) is 17.6 Å². The van der Waals surface area contributed by atoms with E-state index in [0.717, 1.165) is 39.7 Å². The van der Waals surface area contributed by atoms with Crippen LogP contribution in [0.4, 0.5) is 4.79 Å². The zero-order valence-corrected chi connectivity index (χ0v) is 17.6. The van der Waals surface area contributed by atoms with E-state index in [1.165, 1.54) is 5.56 Å². The number of nitrogens with two attached hydrogens (primary N) is 1. The van der Waals surface area contributed by atoms with Gasteiger partial charge in [0, 0.05) is 24.2 Å². The van der Waals surface area contributed by atoms with Crippen LogP contribution in [0.1, 0.15) is 37.6 Å². The van der Waals surface area contributed by atoms with Crippen LogP contribution in [0.5, 0.6) is 5.75 Å². The lowest BCUT2D eigenvalue weighted by molar-refractivity contribution is 0.201. The third-order valence-electron chi connectivity index (χ3n) is 4.82. The molecule has 1 aromatic heterocycles. The summed E-state index contributed by atoms with van der Waals surface area (Å²) in [6.07, 6.45) is 0.394. The number of pyridine rings is 1. The van der Waals surface area contributed by atoms with Gasteiger partial charge >= 0.3 is 6.09 Å². The molecule has 0 bridgehead atoms. The number of ether oxygens (including phenoxy) is 1. The van der Waals surface area contributed by atoms with E-state index in [1.807, 2.05) is 19.1 Å². The molecule has 0 saturated carbocycles. The Labute approximate surface area is 172 Å². The third kappa shape index (κ3) is 4.74.